The molecule has 0 aromatic carbocycles. The van der Waals surface area contributed by atoms with E-state index in [-0.39, 0.29) is 24.7 Å². The average Bonchev–Trinajstić information content (AvgIpc) is 2.34. The number of anilines is 1. The predicted molar refractivity (Wildman–Crippen MR) is 70.5 cm³/mol. The molecule has 1 rings (SSSR count). The van der Waals surface area contributed by atoms with Gasteiger partial charge in [0.15, 0.2) is 5.15 Å². The summed E-state index contributed by atoms with van der Waals surface area (Å²) < 4.78 is 0. The van der Waals surface area contributed by atoms with Gasteiger partial charge in [-0.3, -0.25) is 9.59 Å². The fraction of sp³-hybridized carbons (Fsp3) is 0.417. The molecule has 0 bridgehead atoms. The molecule has 0 saturated carbocycles. The minimum Gasteiger partial charge on any atom is -0.481 e. The average molecular weight is 287 g/mol. The first-order valence-electron chi connectivity index (χ1n) is 5.72. The Hall–Kier alpha value is -1.82. The van der Waals surface area contributed by atoms with Crippen LogP contribution in [0.15, 0.2) is 18.3 Å². The van der Waals surface area contributed by atoms with Crippen LogP contribution in [0.5, 0.6) is 0 Å². The van der Waals surface area contributed by atoms with Crippen molar-refractivity contribution in [3.05, 3.63) is 23.5 Å². The summed E-state index contributed by atoms with van der Waals surface area (Å²) in [7, 11) is 0. The minimum atomic E-state index is -0.951. The van der Waals surface area contributed by atoms with Gasteiger partial charge in [-0.25, -0.2) is 4.98 Å². The molecule has 1 aromatic heterocycles. The highest BCUT2D eigenvalue weighted by atomic mass is 35.5. The molecule has 1 atom stereocenters. The van der Waals surface area contributed by atoms with E-state index in [9.17, 15) is 9.59 Å². The second-order valence-electron chi connectivity index (χ2n) is 4.14. The first-order valence-corrected chi connectivity index (χ1v) is 6.09. The van der Waals surface area contributed by atoms with Crippen molar-refractivity contribution in [1.82, 2.24) is 4.98 Å². The number of carboxylic acid groups (broad SMARTS) is 2. The van der Waals surface area contributed by atoms with Gasteiger partial charge in [-0.15, -0.1) is 0 Å². The molecule has 6 nitrogen and oxygen atoms in total. The maximum Gasteiger partial charge on any atom is 0.308 e. The van der Waals surface area contributed by atoms with Crippen LogP contribution in [0.2, 0.25) is 5.15 Å². The summed E-state index contributed by atoms with van der Waals surface area (Å²) in [5.41, 5.74) is 0.540. The highest BCUT2D eigenvalue weighted by Crippen LogP contribution is 2.24. The summed E-state index contributed by atoms with van der Waals surface area (Å²) in [4.78, 5) is 27.1. The highest BCUT2D eigenvalue weighted by molar-refractivity contribution is 6.32. The molecule has 1 heterocycles. The molecule has 19 heavy (non-hydrogen) atoms. The minimum absolute atomic E-state index is 0.0996. The number of hydrogen-bond donors (Lipinski definition) is 2. The summed E-state index contributed by atoms with van der Waals surface area (Å²) in [6.07, 6.45) is 1.42. The highest BCUT2D eigenvalue weighted by Gasteiger charge is 2.19. The van der Waals surface area contributed by atoms with Crippen LogP contribution in [-0.4, -0.2) is 40.2 Å². The number of nitrogens with zero attached hydrogens (tertiary/aromatic N) is 2. The van der Waals surface area contributed by atoms with E-state index in [2.05, 4.69) is 4.98 Å². The molecule has 0 aliphatic carbocycles. The third-order valence-electron chi connectivity index (χ3n) is 2.59. The van der Waals surface area contributed by atoms with Crippen molar-refractivity contribution < 1.29 is 19.8 Å². The third-order valence-corrected chi connectivity index (χ3v) is 2.88. The zero-order valence-electron chi connectivity index (χ0n) is 10.4. The zero-order valence-corrected chi connectivity index (χ0v) is 11.2. The topological polar surface area (TPSA) is 90.7 Å². The maximum absolute atomic E-state index is 10.9. The Morgan fingerprint density at radius 3 is 2.68 bits per heavy atom. The molecule has 0 aliphatic rings. The molecule has 1 aromatic rings. The number of aliphatic carboxylic acids is 2. The van der Waals surface area contributed by atoms with Gasteiger partial charge in [-0.2, -0.15) is 0 Å². The number of pyridine rings is 1. The van der Waals surface area contributed by atoms with E-state index in [1.807, 2.05) is 0 Å². The normalized spacial score (nSPS) is 11.9. The number of carbonyl (C=O) groups is 2. The van der Waals surface area contributed by atoms with E-state index in [4.69, 9.17) is 21.8 Å². The summed E-state index contributed by atoms with van der Waals surface area (Å²) in [6.45, 7) is 1.91. The molecule has 7 heteroatoms. The summed E-state index contributed by atoms with van der Waals surface area (Å²) in [5, 5.41) is 17.9. The van der Waals surface area contributed by atoms with Crippen molar-refractivity contribution in [1.29, 1.82) is 0 Å². The van der Waals surface area contributed by atoms with Crippen LogP contribution < -0.4 is 4.90 Å². The van der Waals surface area contributed by atoms with Crippen molar-refractivity contribution in [3.63, 3.8) is 0 Å². The third kappa shape index (κ3) is 4.75. The van der Waals surface area contributed by atoms with Gasteiger partial charge in [0, 0.05) is 19.3 Å². The van der Waals surface area contributed by atoms with Gasteiger partial charge < -0.3 is 15.1 Å². The Bertz CT molecular complexity index is 467. The van der Waals surface area contributed by atoms with E-state index in [0.29, 0.717) is 5.69 Å². The second kappa shape index (κ2) is 6.94. The summed E-state index contributed by atoms with van der Waals surface area (Å²) in [5.74, 6) is -2.53. The fourth-order valence-corrected chi connectivity index (χ4v) is 1.80. The lowest BCUT2D eigenvalue weighted by Crippen LogP contribution is -2.33. The molecule has 0 radical (unpaired) electrons. The molecular weight excluding hydrogens is 272 g/mol. The molecular formula is C12H15ClN2O4. The number of aromatic nitrogens is 1. The lowest BCUT2D eigenvalue weighted by molar-refractivity contribution is -0.140. The Labute approximate surface area is 115 Å². The van der Waals surface area contributed by atoms with Gasteiger partial charge in [0.05, 0.1) is 18.0 Å². The quantitative estimate of drug-likeness (QED) is 0.742. The molecule has 0 fully saturated rings. The van der Waals surface area contributed by atoms with Crippen molar-refractivity contribution in [3.8, 4) is 0 Å². The van der Waals surface area contributed by atoms with Crippen LogP contribution in [0.1, 0.15) is 13.3 Å². The molecule has 2 N–H and O–H groups in total. The van der Waals surface area contributed by atoms with Crippen LogP contribution in [0.3, 0.4) is 0 Å². The van der Waals surface area contributed by atoms with Crippen LogP contribution in [0, 0.1) is 5.92 Å². The van der Waals surface area contributed by atoms with Gasteiger partial charge in [0.2, 0.25) is 0 Å². The van der Waals surface area contributed by atoms with Crippen LogP contribution >= 0.6 is 11.6 Å². The summed E-state index contributed by atoms with van der Waals surface area (Å²) in [6, 6.07) is 3.35. The SMILES string of the molecule is CC(CN(CCC(=O)O)c1cccnc1Cl)C(=O)O. The number of halogens is 1. The van der Waals surface area contributed by atoms with Gasteiger partial charge in [-0.1, -0.05) is 18.5 Å². The van der Waals surface area contributed by atoms with Gasteiger partial charge in [0.25, 0.3) is 0 Å². The Morgan fingerprint density at radius 1 is 1.47 bits per heavy atom. The maximum atomic E-state index is 10.9. The van der Waals surface area contributed by atoms with Crippen LogP contribution in [0.25, 0.3) is 0 Å². The largest absolute Gasteiger partial charge is 0.481 e. The number of rotatable bonds is 7. The lowest BCUT2D eigenvalue weighted by atomic mass is 10.1. The Balaban J connectivity index is 2.88. The Morgan fingerprint density at radius 2 is 2.16 bits per heavy atom. The first kappa shape index (κ1) is 15.2. The van der Waals surface area contributed by atoms with E-state index >= 15 is 0 Å². The molecule has 1 unspecified atom stereocenters. The van der Waals surface area contributed by atoms with Crippen LogP contribution in [0.4, 0.5) is 5.69 Å². The molecule has 0 amide bonds. The van der Waals surface area contributed by atoms with Crippen LogP contribution in [-0.2, 0) is 9.59 Å². The van der Waals surface area contributed by atoms with E-state index in [0.717, 1.165) is 0 Å². The van der Waals surface area contributed by atoms with Gasteiger partial charge in [0.1, 0.15) is 0 Å². The predicted octanol–water partition coefficient (Wildman–Crippen LogP) is 1.74. The standard InChI is InChI=1S/C12H15ClN2O4/c1-8(12(18)19)7-15(6-4-10(16)17)9-3-2-5-14-11(9)13/h2-3,5,8H,4,6-7H2,1H3,(H,16,17)(H,18,19). The van der Waals surface area contributed by atoms with Gasteiger partial charge >= 0.3 is 11.9 Å². The molecule has 0 saturated heterocycles. The molecule has 104 valence electrons. The van der Waals surface area contributed by atoms with Gasteiger partial charge in [-0.05, 0) is 12.1 Å². The van der Waals surface area contributed by atoms with Crippen molar-refractivity contribution in [2.45, 2.75) is 13.3 Å². The number of carboxylic acids is 2. The van der Waals surface area contributed by atoms with E-state index in [1.54, 1.807) is 24.0 Å². The fourth-order valence-electron chi connectivity index (χ4n) is 1.56. The van der Waals surface area contributed by atoms with Crippen molar-refractivity contribution in [2.75, 3.05) is 18.0 Å². The summed E-state index contributed by atoms with van der Waals surface area (Å²) >= 11 is 5.95. The first-order chi connectivity index (χ1) is 8.91. The molecule has 0 spiro atoms. The second-order valence-corrected chi connectivity index (χ2v) is 4.50. The monoisotopic (exact) mass is 286 g/mol. The smallest absolute Gasteiger partial charge is 0.308 e. The Kier molecular flexibility index (Phi) is 5.57. The number of hydrogen-bond acceptors (Lipinski definition) is 4. The van der Waals surface area contributed by atoms with Crippen molar-refractivity contribution in [2.24, 2.45) is 5.92 Å². The van der Waals surface area contributed by atoms with E-state index in [1.165, 1.54) is 6.20 Å². The molecule has 0 aliphatic heterocycles. The van der Waals surface area contributed by atoms with Crippen molar-refractivity contribution >= 4 is 29.2 Å². The van der Waals surface area contributed by atoms with E-state index < -0.39 is 17.9 Å². The lowest BCUT2D eigenvalue weighted by Gasteiger charge is -2.26. The zero-order chi connectivity index (χ0) is 14.4.